The topological polar surface area (TPSA) is 6.48 Å². The van der Waals surface area contributed by atoms with Gasteiger partial charge in [-0.1, -0.05) is 12.8 Å². The SMILES string of the molecule is [C]1N2CCCC[C@H]2[C@@H]2CCCCN12. The van der Waals surface area contributed by atoms with E-state index in [1.54, 1.807) is 0 Å². The number of nitrogens with zero attached hydrogens (tertiary/aromatic N) is 2. The van der Waals surface area contributed by atoms with Crippen LogP contribution in [0.2, 0.25) is 0 Å². The van der Waals surface area contributed by atoms with Crippen molar-refractivity contribution in [2.24, 2.45) is 0 Å². The summed E-state index contributed by atoms with van der Waals surface area (Å²) in [5.41, 5.74) is 0. The third-order valence-corrected chi connectivity index (χ3v) is 3.80. The van der Waals surface area contributed by atoms with Crippen LogP contribution in [0.3, 0.4) is 0 Å². The van der Waals surface area contributed by atoms with Crippen molar-refractivity contribution in [3.8, 4) is 0 Å². The van der Waals surface area contributed by atoms with Crippen molar-refractivity contribution in [3.63, 3.8) is 0 Å². The van der Waals surface area contributed by atoms with Crippen molar-refractivity contribution in [2.45, 2.75) is 50.6 Å². The molecular formula is C11H18N2. The Morgan fingerprint density at radius 3 is 1.85 bits per heavy atom. The van der Waals surface area contributed by atoms with Gasteiger partial charge in [0.15, 0.2) is 0 Å². The molecule has 2 radical (unpaired) electrons. The third kappa shape index (κ3) is 1.31. The van der Waals surface area contributed by atoms with Crippen LogP contribution in [0.5, 0.6) is 0 Å². The van der Waals surface area contributed by atoms with E-state index in [1.807, 2.05) is 0 Å². The monoisotopic (exact) mass is 178 g/mol. The quantitative estimate of drug-likeness (QED) is 0.557. The summed E-state index contributed by atoms with van der Waals surface area (Å²) in [6.07, 6.45) is 8.46. The Balaban J connectivity index is 1.76. The molecule has 2 heteroatoms. The molecule has 3 saturated heterocycles. The standard InChI is InChI=1S/C11H18N2/c1-3-7-12-9-13-8-4-2-6-11(13)10(12)5-1/h10-11H,1-8H2/t10-,11-/m0/s1. The molecule has 0 unspecified atom stereocenters. The average Bonchev–Trinajstić information content (AvgIpc) is 2.56. The van der Waals surface area contributed by atoms with E-state index in [-0.39, 0.29) is 0 Å². The fourth-order valence-corrected chi connectivity index (χ4v) is 3.13. The Hall–Kier alpha value is -0.0800. The largest absolute Gasteiger partial charge is 0.275 e. The Morgan fingerprint density at radius 2 is 1.31 bits per heavy atom. The molecule has 72 valence electrons. The van der Waals surface area contributed by atoms with E-state index in [0.717, 1.165) is 12.1 Å². The van der Waals surface area contributed by atoms with E-state index in [9.17, 15) is 0 Å². The van der Waals surface area contributed by atoms with Crippen molar-refractivity contribution in [1.29, 1.82) is 0 Å². The van der Waals surface area contributed by atoms with Crippen molar-refractivity contribution in [2.75, 3.05) is 13.1 Å². The molecule has 2 atom stereocenters. The molecule has 13 heavy (non-hydrogen) atoms. The Labute approximate surface area is 80.9 Å². The van der Waals surface area contributed by atoms with Crippen molar-refractivity contribution in [3.05, 3.63) is 6.67 Å². The fraction of sp³-hybridized carbons (Fsp3) is 0.909. The predicted octanol–water partition coefficient (Wildman–Crippen LogP) is 1.71. The van der Waals surface area contributed by atoms with Gasteiger partial charge in [-0.25, -0.2) is 0 Å². The molecule has 3 aliphatic heterocycles. The molecular weight excluding hydrogens is 160 g/mol. The van der Waals surface area contributed by atoms with Crippen LogP contribution in [0.1, 0.15) is 38.5 Å². The summed E-state index contributed by atoms with van der Waals surface area (Å²) in [5.74, 6) is 0. The van der Waals surface area contributed by atoms with E-state index < -0.39 is 0 Å². The van der Waals surface area contributed by atoms with Gasteiger partial charge < -0.3 is 0 Å². The van der Waals surface area contributed by atoms with E-state index in [4.69, 9.17) is 0 Å². The zero-order valence-corrected chi connectivity index (χ0v) is 8.21. The molecule has 0 spiro atoms. The van der Waals surface area contributed by atoms with Crippen LogP contribution < -0.4 is 0 Å². The maximum Gasteiger partial charge on any atom is 0.147 e. The molecule has 0 N–H and O–H groups in total. The van der Waals surface area contributed by atoms with Crippen LogP contribution in [-0.4, -0.2) is 35.0 Å². The molecule has 3 rings (SSSR count). The molecule has 3 aliphatic rings. The maximum absolute atomic E-state index is 3.56. The van der Waals surface area contributed by atoms with Gasteiger partial charge in [-0.15, -0.1) is 0 Å². The lowest BCUT2D eigenvalue weighted by atomic mass is 9.92. The van der Waals surface area contributed by atoms with Crippen LogP contribution in [0.15, 0.2) is 0 Å². The second-order valence-electron chi connectivity index (χ2n) is 4.61. The van der Waals surface area contributed by atoms with Crippen LogP contribution in [0, 0.1) is 6.67 Å². The maximum atomic E-state index is 3.56. The van der Waals surface area contributed by atoms with Crippen molar-refractivity contribution in [1.82, 2.24) is 9.80 Å². The highest BCUT2D eigenvalue weighted by Gasteiger charge is 2.42. The van der Waals surface area contributed by atoms with Gasteiger partial charge in [-0.2, -0.15) is 0 Å². The number of piperidine rings is 2. The highest BCUT2D eigenvalue weighted by Crippen LogP contribution is 2.36. The predicted molar refractivity (Wildman–Crippen MR) is 51.9 cm³/mol. The Bertz CT molecular complexity index is 173. The molecule has 2 nitrogen and oxygen atoms in total. The summed E-state index contributed by atoms with van der Waals surface area (Å²) in [5, 5.41) is 0. The van der Waals surface area contributed by atoms with E-state index in [1.165, 1.54) is 51.6 Å². The van der Waals surface area contributed by atoms with Gasteiger partial charge in [-0.3, -0.25) is 9.80 Å². The van der Waals surface area contributed by atoms with Crippen LogP contribution in [0.25, 0.3) is 0 Å². The van der Waals surface area contributed by atoms with Gasteiger partial charge in [0, 0.05) is 25.2 Å². The first-order chi connectivity index (χ1) is 6.45. The first-order valence-electron chi connectivity index (χ1n) is 5.75. The fourth-order valence-electron chi connectivity index (χ4n) is 3.13. The summed E-state index contributed by atoms with van der Waals surface area (Å²) >= 11 is 0. The average molecular weight is 178 g/mol. The second kappa shape index (κ2) is 3.25. The zero-order valence-electron chi connectivity index (χ0n) is 8.21. The summed E-state index contributed by atoms with van der Waals surface area (Å²) < 4.78 is 0. The molecule has 0 aliphatic carbocycles. The molecule has 0 bridgehead atoms. The lowest BCUT2D eigenvalue weighted by Crippen LogP contribution is -2.41. The van der Waals surface area contributed by atoms with E-state index in [2.05, 4.69) is 16.5 Å². The number of hydrogen-bond acceptors (Lipinski definition) is 2. The summed E-state index contributed by atoms with van der Waals surface area (Å²) in [4.78, 5) is 4.97. The third-order valence-electron chi connectivity index (χ3n) is 3.80. The molecule has 3 fully saturated rings. The lowest BCUT2D eigenvalue weighted by molar-refractivity contribution is 0.186. The summed E-state index contributed by atoms with van der Waals surface area (Å²) in [6.45, 7) is 6.08. The van der Waals surface area contributed by atoms with Gasteiger partial charge in [0.25, 0.3) is 0 Å². The van der Waals surface area contributed by atoms with E-state index in [0.29, 0.717) is 0 Å². The van der Waals surface area contributed by atoms with Gasteiger partial charge in [0.1, 0.15) is 6.67 Å². The smallest absolute Gasteiger partial charge is 0.147 e. The lowest BCUT2D eigenvalue weighted by Gasteiger charge is -2.33. The minimum Gasteiger partial charge on any atom is -0.275 e. The first-order valence-corrected chi connectivity index (χ1v) is 5.75. The molecule has 0 aromatic carbocycles. The first kappa shape index (κ1) is 8.25. The Kier molecular flexibility index (Phi) is 2.06. The van der Waals surface area contributed by atoms with Crippen molar-refractivity contribution < 1.29 is 0 Å². The van der Waals surface area contributed by atoms with Crippen molar-refractivity contribution >= 4 is 0 Å². The normalized spacial score (nSPS) is 41.5. The zero-order chi connectivity index (χ0) is 8.67. The molecule has 0 aromatic heterocycles. The van der Waals surface area contributed by atoms with Crippen LogP contribution in [0.4, 0.5) is 0 Å². The molecule has 0 aromatic rings. The number of fused-ring (bicyclic) bond motifs is 3. The number of hydrogen-bond donors (Lipinski definition) is 0. The van der Waals surface area contributed by atoms with Gasteiger partial charge >= 0.3 is 0 Å². The molecule has 0 saturated carbocycles. The minimum absolute atomic E-state index is 0.828. The van der Waals surface area contributed by atoms with Crippen LogP contribution >= 0.6 is 0 Å². The Morgan fingerprint density at radius 1 is 0.769 bits per heavy atom. The minimum atomic E-state index is 0.828. The molecule has 0 amide bonds. The highest BCUT2D eigenvalue weighted by atomic mass is 15.4. The highest BCUT2D eigenvalue weighted by molar-refractivity contribution is 5.01. The van der Waals surface area contributed by atoms with Gasteiger partial charge in [0.2, 0.25) is 0 Å². The molecule has 3 heterocycles. The van der Waals surface area contributed by atoms with Gasteiger partial charge in [0.05, 0.1) is 0 Å². The summed E-state index contributed by atoms with van der Waals surface area (Å²) in [6, 6.07) is 1.66. The van der Waals surface area contributed by atoms with Gasteiger partial charge in [-0.05, 0) is 25.7 Å². The van der Waals surface area contributed by atoms with E-state index >= 15 is 0 Å². The second-order valence-corrected chi connectivity index (χ2v) is 4.61. The van der Waals surface area contributed by atoms with Crippen LogP contribution in [-0.2, 0) is 0 Å². The summed E-state index contributed by atoms with van der Waals surface area (Å²) in [7, 11) is 0. The number of rotatable bonds is 0.